The van der Waals surface area contributed by atoms with Gasteiger partial charge in [-0.05, 0) is 31.4 Å². The van der Waals surface area contributed by atoms with Crippen molar-refractivity contribution in [2.24, 2.45) is 11.8 Å². The number of benzene rings is 1. The number of sulfonamides is 1. The second-order valence-electron chi connectivity index (χ2n) is 5.26. The number of para-hydroxylation sites is 1. The van der Waals surface area contributed by atoms with E-state index in [0.29, 0.717) is 5.92 Å². The van der Waals surface area contributed by atoms with Crippen molar-refractivity contribution in [3.05, 3.63) is 28.3 Å². The molecule has 2 rings (SSSR count). The Labute approximate surface area is 122 Å². The number of nitrogens with one attached hydrogen (secondary N) is 2. The van der Waals surface area contributed by atoms with E-state index in [9.17, 15) is 18.5 Å². The van der Waals surface area contributed by atoms with E-state index in [1.807, 2.05) is 0 Å². The maximum absolute atomic E-state index is 12.4. The molecule has 0 saturated heterocycles. The fourth-order valence-corrected chi connectivity index (χ4v) is 3.72. The Morgan fingerprint density at radius 1 is 1.48 bits per heavy atom. The van der Waals surface area contributed by atoms with E-state index >= 15 is 0 Å². The van der Waals surface area contributed by atoms with Crippen LogP contribution in [0.25, 0.3) is 0 Å². The average molecular weight is 314 g/mol. The van der Waals surface area contributed by atoms with Crippen LogP contribution < -0.4 is 16.0 Å². The molecule has 1 aromatic rings. The molecule has 4 N–H and O–H groups in total. The monoisotopic (exact) mass is 314 g/mol. The van der Waals surface area contributed by atoms with E-state index in [4.69, 9.17) is 5.84 Å². The van der Waals surface area contributed by atoms with Crippen LogP contribution in [0.5, 0.6) is 0 Å². The normalized spacial score (nSPS) is 16.5. The lowest BCUT2D eigenvalue weighted by Crippen LogP contribution is -2.33. The van der Waals surface area contributed by atoms with Crippen molar-refractivity contribution in [2.75, 3.05) is 5.43 Å². The first-order valence-corrected chi connectivity index (χ1v) is 8.10. The number of hydrazine groups is 1. The lowest BCUT2D eigenvalue weighted by Gasteiger charge is -2.14. The van der Waals surface area contributed by atoms with E-state index in [1.165, 1.54) is 18.2 Å². The van der Waals surface area contributed by atoms with Crippen molar-refractivity contribution in [1.82, 2.24) is 4.72 Å². The highest BCUT2D eigenvalue weighted by Crippen LogP contribution is 2.35. The maximum atomic E-state index is 12.4. The number of hydrogen-bond donors (Lipinski definition) is 3. The molecule has 8 nitrogen and oxygen atoms in total. The summed E-state index contributed by atoms with van der Waals surface area (Å²) in [5, 5.41) is 11.1. The molecule has 1 aliphatic rings. The Bertz CT molecular complexity index is 643. The minimum Gasteiger partial charge on any atom is -0.318 e. The van der Waals surface area contributed by atoms with Crippen molar-refractivity contribution in [1.29, 1.82) is 0 Å². The van der Waals surface area contributed by atoms with Crippen molar-refractivity contribution < 1.29 is 13.3 Å². The zero-order valence-corrected chi connectivity index (χ0v) is 12.4. The lowest BCUT2D eigenvalue weighted by molar-refractivity contribution is -0.386. The van der Waals surface area contributed by atoms with Gasteiger partial charge in [-0.3, -0.25) is 16.0 Å². The molecule has 0 heterocycles. The Morgan fingerprint density at radius 3 is 2.67 bits per heavy atom. The van der Waals surface area contributed by atoms with Gasteiger partial charge in [-0.25, -0.2) is 13.1 Å². The minimum atomic E-state index is -3.97. The number of nitrogen functional groups attached to an aromatic ring is 1. The van der Waals surface area contributed by atoms with Gasteiger partial charge in [0.1, 0.15) is 5.69 Å². The van der Waals surface area contributed by atoms with E-state index < -0.39 is 20.6 Å². The number of rotatable bonds is 7. The summed E-state index contributed by atoms with van der Waals surface area (Å²) >= 11 is 0. The third kappa shape index (κ3) is 3.69. The van der Waals surface area contributed by atoms with Gasteiger partial charge < -0.3 is 5.43 Å². The Balaban J connectivity index is 2.32. The van der Waals surface area contributed by atoms with Crippen LogP contribution in [0.3, 0.4) is 0 Å². The summed E-state index contributed by atoms with van der Waals surface area (Å²) in [5.41, 5.74) is 1.56. The topological polar surface area (TPSA) is 127 Å². The predicted molar refractivity (Wildman–Crippen MR) is 78.0 cm³/mol. The number of nitro groups is 1. The fourth-order valence-electron chi connectivity index (χ4n) is 2.27. The van der Waals surface area contributed by atoms with Gasteiger partial charge in [0.05, 0.1) is 4.92 Å². The van der Waals surface area contributed by atoms with Crippen LogP contribution in [0.15, 0.2) is 23.1 Å². The smallest absolute Gasteiger partial charge is 0.313 e. The van der Waals surface area contributed by atoms with Gasteiger partial charge in [0.2, 0.25) is 10.0 Å². The molecule has 1 atom stereocenters. The summed E-state index contributed by atoms with van der Waals surface area (Å²) in [6.45, 7) is 1.76. The molecule has 1 aromatic carbocycles. The van der Waals surface area contributed by atoms with Crippen LogP contribution in [0.2, 0.25) is 0 Å². The van der Waals surface area contributed by atoms with Gasteiger partial charge in [-0.15, -0.1) is 0 Å². The molecular formula is C12H18N4O4S. The fraction of sp³-hybridized carbons (Fsp3) is 0.500. The van der Waals surface area contributed by atoms with Crippen molar-refractivity contribution >= 4 is 21.4 Å². The van der Waals surface area contributed by atoms with E-state index in [1.54, 1.807) is 6.92 Å². The first kappa shape index (κ1) is 15.7. The van der Waals surface area contributed by atoms with Gasteiger partial charge in [0.25, 0.3) is 0 Å². The highest BCUT2D eigenvalue weighted by molar-refractivity contribution is 7.89. The summed E-state index contributed by atoms with van der Waals surface area (Å²) in [7, 11) is -3.97. The molecule has 1 unspecified atom stereocenters. The highest BCUT2D eigenvalue weighted by Gasteiger charge is 2.31. The molecule has 116 valence electrons. The summed E-state index contributed by atoms with van der Waals surface area (Å²) in [4.78, 5) is 10.0. The van der Waals surface area contributed by atoms with E-state index in [-0.39, 0.29) is 16.6 Å². The van der Waals surface area contributed by atoms with Gasteiger partial charge >= 0.3 is 5.69 Å². The molecule has 0 aliphatic heterocycles. The molecule has 21 heavy (non-hydrogen) atoms. The van der Waals surface area contributed by atoms with Crippen LogP contribution in [-0.4, -0.2) is 19.4 Å². The number of hydrogen-bond acceptors (Lipinski definition) is 6. The summed E-state index contributed by atoms with van der Waals surface area (Å²) < 4.78 is 27.2. The van der Waals surface area contributed by atoms with Gasteiger partial charge in [0.15, 0.2) is 4.90 Å². The Kier molecular flexibility index (Phi) is 4.45. The molecule has 1 aliphatic carbocycles. The summed E-state index contributed by atoms with van der Waals surface area (Å²) in [6.07, 6.45) is 2.96. The van der Waals surface area contributed by atoms with Gasteiger partial charge in [-0.1, -0.05) is 18.9 Å². The number of nitro benzene ring substituents is 1. The second-order valence-corrected chi connectivity index (χ2v) is 6.94. The third-order valence-corrected chi connectivity index (χ3v) is 4.99. The standard InChI is InChI=1S/C12H18N4O4S/c1-8(7-9-5-6-9)15-21(19,20)11-4-2-3-10(14-13)12(11)16(17)18/h2-4,8-9,14-15H,5-7,13H2,1H3. The maximum Gasteiger partial charge on any atom is 0.313 e. The summed E-state index contributed by atoms with van der Waals surface area (Å²) in [6, 6.07) is 3.69. The van der Waals surface area contributed by atoms with Crippen LogP contribution in [0.1, 0.15) is 26.2 Å². The number of nitrogens with two attached hydrogens (primary N) is 1. The first-order valence-electron chi connectivity index (χ1n) is 6.61. The first-order chi connectivity index (χ1) is 9.85. The van der Waals surface area contributed by atoms with Crippen LogP contribution in [-0.2, 0) is 10.0 Å². The number of anilines is 1. The lowest BCUT2D eigenvalue weighted by atomic mass is 10.2. The molecule has 0 aromatic heterocycles. The molecule has 0 bridgehead atoms. The van der Waals surface area contributed by atoms with Crippen LogP contribution >= 0.6 is 0 Å². The molecule has 0 amide bonds. The van der Waals surface area contributed by atoms with Gasteiger partial charge in [0, 0.05) is 6.04 Å². The van der Waals surface area contributed by atoms with Crippen LogP contribution in [0.4, 0.5) is 11.4 Å². The van der Waals surface area contributed by atoms with Crippen molar-refractivity contribution in [2.45, 2.75) is 37.1 Å². The summed E-state index contributed by atoms with van der Waals surface area (Å²) in [5.74, 6) is 5.76. The zero-order chi connectivity index (χ0) is 15.6. The largest absolute Gasteiger partial charge is 0.318 e. The molecule has 1 fully saturated rings. The second kappa shape index (κ2) is 5.96. The predicted octanol–water partition coefficient (Wildman–Crippen LogP) is 1.35. The van der Waals surface area contributed by atoms with Crippen molar-refractivity contribution in [3.63, 3.8) is 0 Å². The Hall–Kier alpha value is -1.71. The van der Waals surface area contributed by atoms with E-state index in [0.717, 1.165) is 19.3 Å². The SMILES string of the molecule is CC(CC1CC1)NS(=O)(=O)c1cccc(NN)c1[N+](=O)[O-]. The van der Waals surface area contributed by atoms with Crippen LogP contribution in [0, 0.1) is 16.0 Å². The Morgan fingerprint density at radius 2 is 2.14 bits per heavy atom. The molecular weight excluding hydrogens is 296 g/mol. The highest BCUT2D eigenvalue weighted by atomic mass is 32.2. The average Bonchev–Trinajstić information content (AvgIpc) is 3.20. The molecule has 9 heteroatoms. The zero-order valence-electron chi connectivity index (χ0n) is 11.6. The molecule has 0 spiro atoms. The quantitative estimate of drug-likeness (QED) is 0.396. The molecule has 0 radical (unpaired) electrons. The van der Waals surface area contributed by atoms with Crippen molar-refractivity contribution in [3.8, 4) is 0 Å². The van der Waals surface area contributed by atoms with Gasteiger partial charge in [-0.2, -0.15) is 0 Å². The minimum absolute atomic E-state index is 0.0438. The van der Waals surface area contributed by atoms with E-state index in [2.05, 4.69) is 10.1 Å². The molecule has 1 saturated carbocycles. The third-order valence-electron chi connectivity index (χ3n) is 3.37. The number of nitrogens with zero attached hydrogens (tertiary/aromatic N) is 1.